The van der Waals surface area contributed by atoms with Crippen LogP contribution < -0.4 is 4.90 Å². The van der Waals surface area contributed by atoms with Crippen LogP contribution in [0.1, 0.15) is 43.9 Å². The summed E-state index contributed by atoms with van der Waals surface area (Å²) in [7, 11) is 0. The lowest BCUT2D eigenvalue weighted by atomic mass is 9.82. The summed E-state index contributed by atoms with van der Waals surface area (Å²) in [5, 5.41) is 2.14. The van der Waals surface area contributed by atoms with Gasteiger partial charge in [-0.05, 0) is 87.6 Å². The fourth-order valence-corrected chi connectivity index (χ4v) is 6.33. The van der Waals surface area contributed by atoms with E-state index in [0.29, 0.717) is 0 Å². The first-order valence-electron chi connectivity index (χ1n) is 12.8. The van der Waals surface area contributed by atoms with Gasteiger partial charge in [-0.1, -0.05) is 87.9 Å². The van der Waals surface area contributed by atoms with Crippen molar-refractivity contribution < 1.29 is 0 Å². The third-order valence-corrected chi connectivity index (χ3v) is 8.41. The lowest BCUT2D eigenvalue weighted by Gasteiger charge is -2.28. The smallest absolute Gasteiger partial charge is 0.0465 e. The predicted octanol–water partition coefficient (Wildman–Crippen LogP) is 10.1. The van der Waals surface area contributed by atoms with Crippen LogP contribution in [-0.2, 0) is 11.8 Å². The third-order valence-electron chi connectivity index (χ3n) is 7.49. The van der Waals surface area contributed by atoms with Crippen molar-refractivity contribution in [1.82, 2.24) is 0 Å². The zero-order chi connectivity index (χ0) is 24.7. The molecule has 0 aliphatic heterocycles. The first-order valence-corrected chi connectivity index (χ1v) is 13.7. The van der Waals surface area contributed by atoms with E-state index in [-0.39, 0.29) is 5.41 Å². The zero-order valence-electron chi connectivity index (χ0n) is 21.2. The van der Waals surface area contributed by atoms with Gasteiger partial charge in [0.25, 0.3) is 0 Å². The van der Waals surface area contributed by atoms with Gasteiger partial charge in [-0.3, -0.25) is 0 Å². The fraction of sp³-hybridized carbons (Fsp3) is 0.176. The number of rotatable bonds is 6. The van der Waals surface area contributed by atoms with Gasteiger partial charge in [0.2, 0.25) is 0 Å². The molecule has 0 bridgehead atoms. The van der Waals surface area contributed by atoms with E-state index in [4.69, 9.17) is 0 Å². The van der Waals surface area contributed by atoms with Crippen molar-refractivity contribution in [3.63, 3.8) is 0 Å². The van der Waals surface area contributed by atoms with Crippen LogP contribution >= 0.6 is 11.3 Å². The van der Waals surface area contributed by atoms with Crippen molar-refractivity contribution in [1.29, 1.82) is 0 Å². The molecule has 0 saturated heterocycles. The van der Waals surface area contributed by atoms with Gasteiger partial charge in [-0.15, -0.1) is 11.3 Å². The number of aryl methyl sites for hydroxylation is 1. The summed E-state index contributed by atoms with van der Waals surface area (Å²) in [6.07, 6.45) is 2.27. The quantitative estimate of drug-likeness (QED) is 0.231. The van der Waals surface area contributed by atoms with E-state index >= 15 is 0 Å². The number of thiophene rings is 1. The molecule has 1 aromatic heterocycles. The normalized spacial score (nSPS) is 13.3. The molecule has 6 rings (SSSR count). The Kier molecular flexibility index (Phi) is 5.78. The second-order valence-electron chi connectivity index (χ2n) is 10.2. The molecular weight excluding hydrogens is 454 g/mol. The Morgan fingerprint density at radius 3 is 2.03 bits per heavy atom. The average Bonchev–Trinajstić information content (AvgIpc) is 3.52. The minimum atomic E-state index is -0.0262. The number of anilines is 3. The average molecular weight is 486 g/mol. The van der Waals surface area contributed by atoms with Crippen molar-refractivity contribution in [3.05, 3.63) is 125 Å². The molecule has 1 aliphatic rings. The number of hydrogen-bond acceptors (Lipinski definition) is 2. The molecule has 0 unspecified atom stereocenters. The van der Waals surface area contributed by atoms with E-state index in [1.54, 1.807) is 11.3 Å². The van der Waals surface area contributed by atoms with Crippen molar-refractivity contribution in [2.45, 2.75) is 39.0 Å². The number of nitrogens with zero attached hydrogens (tertiary/aromatic N) is 1. The SMILES string of the molecule is CCCc1ccc(N(c2ccc(-c3cccs3)cc2)c2ccc3c(c2)C(C)(C)c2ccccc2-3)cc1. The van der Waals surface area contributed by atoms with Crippen molar-refractivity contribution in [2.24, 2.45) is 0 Å². The molecule has 4 aromatic carbocycles. The Labute approximate surface area is 218 Å². The Bertz CT molecular complexity index is 1490. The van der Waals surface area contributed by atoms with Gasteiger partial charge in [0.1, 0.15) is 0 Å². The molecule has 36 heavy (non-hydrogen) atoms. The van der Waals surface area contributed by atoms with Gasteiger partial charge in [0, 0.05) is 27.4 Å². The van der Waals surface area contributed by atoms with Crippen LogP contribution in [-0.4, -0.2) is 0 Å². The molecule has 0 atom stereocenters. The van der Waals surface area contributed by atoms with E-state index in [1.807, 2.05) is 0 Å². The van der Waals surface area contributed by atoms with Gasteiger partial charge in [0.15, 0.2) is 0 Å². The second kappa shape index (κ2) is 9.11. The van der Waals surface area contributed by atoms with Crippen molar-refractivity contribution in [2.75, 3.05) is 4.90 Å². The maximum absolute atomic E-state index is 2.41. The number of hydrogen-bond donors (Lipinski definition) is 0. The van der Waals surface area contributed by atoms with E-state index in [9.17, 15) is 0 Å². The van der Waals surface area contributed by atoms with E-state index in [2.05, 4.69) is 134 Å². The molecule has 1 aliphatic carbocycles. The van der Waals surface area contributed by atoms with Crippen LogP contribution in [0.2, 0.25) is 0 Å². The van der Waals surface area contributed by atoms with Crippen LogP contribution in [0.5, 0.6) is 0 Å². The summed E-state index contributed by atoms with van der Waals surface area (Å²) >= 11 is 1.78. The Hall–Kier alpha value is -3.62. The molecule has 178 valence electrons. The van der Waals surface area contributed by atoms with Crippen LogP contribution in [0.15, 0.2) is 109 Å². The van der Waals surface area contributed by atoms with Crippen LogP contribution in [0.3, 0.4) is 0 Å². The molecule has 1 nitrogen and oxygen atoms in total. The molecule has 5 aromatic rings. The monoisotopic (exact) mass is 485 g/mol. The Balaban J connectivity index is 1.46. The standard InChI is InChI=1S/C34H31NS/c1-4-8-24-12-16-26(17-13-24)35(27-18-14-25(15-19-27)33-11-7-22-36-33)28-20-21-30-29-9-5-6-10-31(29)34(2,3)32(30)23-28/h5-7,9-23H,4,8H2,1-3H3. The van der Waals surface area contributed by atoms with Crippen LogP contribution in [0.4, 0.5) is 17.1 Å². The molecular formula is C34H31NS. The van der Waals surface area contributed by atoms with Gasteiger partial charge in [-0.2, -0.15) is 0 Å². The third kappa shape index (κ3) is 3.86. The molecule has 0 spiro atoms. The van der Waals surface area contributed by atoms with Gasteiger partial charge in [0.05, 0.1) is 0 Å². The first-order chi connectivity index (χ1) is 17.6. The summed E-state index contributed by atoms with van der Waals surface area (Å²) in [5.41, 5.74) is 11.7. The van der Waals surface area contributed by atoms with E-state index in [1.165, 1.54) is 55.3 Å². The molecule has 0 fully saturated rings. The van der Waals surface area contributed by atoms with Crippen LogP contribution in [0.25, 0.3) is 21.6 Å². The highest BCUT2D eigenvalue weighted by atomic mass is 32.1. The summed E-state index contributed by atoms with van der Waals surface area (Å²) in [6.45, 7) is 6.93. The molecule has 0 N–H and O–H groups in total. The Morgan fingerprint density at radius 1 is 0.667 bits per heavy atom. The lowest BCUT2D eigenvalue weighted by molar-refractivity contribution is 0.660. The second-order valence-corrected chi connectivity index (χ2v) is 11.1. The molecule has 0 amide bonds. The summed E-state index contributed by atoms with van der Waals surface area (Å²) in [5.74, 6) is 0. The first kappa shape index (κ1) is 22.8. The maximum Gasteiger partial charge on any atom is 0.0465 e. The van der Waals surface area contributed by atoms with E-state index < -0.39 is 0 Å². The number of benzene rings is 4. The van der Waals surface area contributed by atoms with Crippen molar-refractivity contribution in [3.8, 4) is 21.6 Å². The highest BCUT2D eigenvalue weighted by Gasteiger charge is 2.35. The van der Waals surface area contributed by atoms with Gasteiger partial charge >= 0.3 is 0 Å². The number of fused-ring (bicyclic) bond motifs is 3. The summed E-state index contributed by atoms with van der Waals surface area (Å²) in [6, 6.07) is 38.2. The Morgan fingerprint density at radius 2 is 1.33 bits per heavy atom. The maximum atomic E-state index is 2.41. The molecule has 0 saturated carbocycles. The highest BCUT2D eigenvalue weighted by Crippen LogP contribution is 2.50. The summed E-state index contributed by atoms with van der Waals surface area (Å²) in [4.78, 5) is 3.70. The molecule has 1 heterocycles. The zero-order valence-corrected chi connectivity index (χ0v) is 22.0. The predicted molar refractivity (Wildman–Crippen MR) is 156 cm³/mol. The lowest BCUT2D eigenvalue weighted by Crippen LogP contribution is -2.16. The van der Waals surface area contributed by atoms with Gasteiger partial charge in [-0.25, -0.2) is 0 Å². The largest absolute Gasteiger partial charge is 0.310 e. The van der Waals surface area contributed by atoms with Gasteiger partial charge < -0.3 is 4.90 Å². The molecule has 0 radical (unpaired) electrons. The topological polar surface area (TPSA) is 3.24 Å². The van der Waals surface area contributed by atoms with Crippen LogP contribution in [0, 0.1) is 0 Å². The molecule has 2 heteroatoms. The highest BCUT2D eigenvalue weighted by molar-refractivity contribution is 7.13. The van der Waals surface area contributed by atoms with E-state index in [0.717, 1.165) is 12.8 Å². The summed E-state index contributed by atoms with van der Waals surface area (Å²) < 4.78 is 0. The minimum absolute atomic E-state index is 0.0262. The van der Waals surface area contributed by atoms with Crippen molar-refractivity contribution >= 4 is 28.4 Å². The minimum Gasteiger partial charge on any atom is -0.310 e. The fourth-order valence-electron chi connectivity index (χ4n) is 5.60.